The van der Waals surface area contributed by atoms with Crippen LogP contribution in [0.3, 0.4) is 0 Å². The fraction of sp³-hybridized carbons (Fsp3) is 0.423. The van der Waals surface area contributed by atoms with Gasteiger partial charge in [0.15, 0.2) is 5.82 Å². The van der Waals surface area contributed by atoms with Crippen LogP contribution in [-0.2, 0) is 6.54 Å². The third-order valence-corrected chi connectivity index (χ3v) is 7.38. The molecule has 3 aliphatic rings. The van der Waals surface area contributed by atoms with Crippen molar-refractivity contribution in [2.75, 3.05) is 33.3 Å². The second-order valence-corrected chi connectivity index (χ2v) is 9.82. The number of carbonyl (C=O) groups excluding carboxylic acids is 1. The number of ether oxygens (including phenoxy) is 1. The number of nitrogens with one attached hydrogen (secondary N) is 1. The van der Waals surface area contributed by atoms with E-state index in [4.69, 9.17) is 9.72 Å². The summed E-state index contributed by atoms with van der Waals surface area (Å²) < 4.78 is 5.31. The summed E-state index contributed by atoms with van der Waals surface area (Å²) in [7, 11) is 1.62. The van der Waals surface area contributed by atoms with E-state index in [0.717, 1.165) is 44.4 Å². The zero-order valence-corrected chi connectivity index (χ0v) is 18.9. The molecule has 0 bridgehead atoms. The quantitative estimate of drug-likeness (QED) is 0.632. The molecule has 1 atom stereocenters. The molecule has 33 heavy (non-hydrogen) atoms. The van der Waals surface area contributed by atoms with E-state index in [1.165, 1.54) is 18.4 Å². The van der Waals surface area contributed by atoms with Crippen molar-refractivity contribution in [1.29, 1.82) is 0 Å². The van der Waals surface area contributed by atoms with Gasteiger partial charge in [-0.1, -0.05) is 36.4 Å². The molecule has 1 aliphatic carbocycles. The molecule has 1 aromatic heterocycles. The predicted octanol–water partition coefficient (Wildman–Crippen LogP) is 3.43. The number of nitrogens with zero attached hydrogens (tertiary/aromatic N) is 4. The Morgan fingerprint density at radius 1 is 1.12 bits per heavy atom. The number of likely N-dealkylation sites (tertiary alicyclic amines) is 2. The molecule has 1 amide bonds. The van der Waals surface area contributed by atoms with Gasteiger partial charge in [0.25, 0.3) is 5.91 Å². The lowest BCUT2D eigenvalue weighted by Crippen LogP contribution is -2.61. The van der Waals surface area contributed by atoms with Crippen molar-refractivity contribution in [3.05, 3.63) is 77.4 Å². The van der Waals surface area contributed by atoms with Gasteiger partial charge in [0.05, 0.1) is 7.11 Å². The Morgan fingerprint density at radius 2 is 1.94 bits per heavy atom. The van der Waals surface area contributed by atoms with E-state index >= 15 is 0 Å². The molecule has 170 valence electrons. The molecule has 1 N–H and O–H groups in total. The van der Waals surface area contributed by atoms with Gasteiger partial charge in [-0.05, 0) is 36.6 Å². The first-order chi connectivity index (χ1) is 16.1. The van der Waals surface area contributed by atoms with Gasteiger partial charge >= 0.3 is 0 Å². The molecule has 2 saturated heterocycles. The van der Waals surface area contributed by atoms with Gasteiger partial charge in [-0.3, -0.25) is 14.8 Å². The van der Waals surface area contributed by atoms with Gasteiger partial charge in [0, 0.05) is 55.5 Å². The summed E-state index contributed by atoms with van der Waals surface area (Å²) in [4.78, 5) is 22.6. The van der Waals surface area contributed by atoms with Crippen molar-refractivity contribution in [1.82, 2.24) is 25.0 Å². The standard InChI is InChI=1S/C26H29N5O2/c1-33-21-9-5-8-20(12-21)25(32)31-16-26(17-31)15-30(13-18-6-3-2-4-7-18)14-22(26)24-27-23(28-29-24)19-10-11-19/h2-9,12,19,22H,10-11,13-17H2,1H3,(H,27,28,29). The minimum absolute atomic E-state index is 0.00363. The van der Waals surface area contributed by atoms with Crippen LogP contribution in [-0.4, -0.2) is 64.2 Å². The first-order valence-corrected chi connectivity index (χ1v) is 11.8. The van der Waals surface area contributed by atoms with Crippen LogP contribution < -0.4 is 4.74 Å². The predicted molar refractivity (Wildman–Crippen MR) is 124 cm³/mol. The van der Waals surface area contributed by atoms with Crippen LogP contribution >= 0.6 is 0 Å². The highest BCUT2D eigenvalue weighted by atomic mass is 16.5. The molecular formula is C26H29N5O2. The van der Waals surface area contributed by atoms with E-state index in [1.807, 2.05) is 29.2 Å². The van der Waals surface area contributed by atoms with Crippen LogP contribution in [0, 0.1) is 5.41 Å². The number of hydrogen-bond acceptors (Lipinski definition) is 5. The maximum absolute atomic E-state index is 13.2. The number of aromatic amines is 1. The fourth-order valence-corrected chi connectivity index (χ4v) is 5.49. The molecule has 7 heteroatoms. The summed E-state index contributed by atoms with van der Waals surface area (Å²) in [6, 6.07) is 18.0. The number of hydrogen-bond donors (Lipinski definition) is 1. The average molecular weight is 444 g/mol. The molecule has 3 fully saturated rings. The number of rotatable bonds is 6. The molecular weight excluding hydrogens is 414 g/mol. The average Bonchev–Trinajstić information content (AvgIpc) is 3.43. The van der Waals surface area contributed by atoms with Gasteiger partial charge in [-0.2, -0.15) is 5.10 Å². The largest absolute Gasteiger partial charge is 0.497 e. The summed E-state index contributed by atoms with van der Waals surface area (Å²) >= 11 is 0. The van der Waals surface area contributed by atoms with E-state index in [-0.39, 0.29) is 17.2 Å². The molecule has 1 unspecified atom stereocenters. The van der Waals surface area contributed by atoms with Crippen LogP contribution in [0.5, 0.6) is 5.75 Å². The third kappa shape index (κ3) is 3.80. The molecule has 1 spiro atoms. The molecule has 3 heterocycles. The minimum Gasteiger partial charge on any atom is -0.497 e. The number of carbonyl (C=O) groups is 1. The normalized spacial score (nSPS) is 21.8. The van der Waals surface area contributed by atoms with Gasteiger partial charge in [0.1, 0.15) is 11.6 Å². The highest BCUT2D eigenvalue weighted by Gasteiger charge is 2.57. The Bertz CT molecular complexity index is 1150. The molecule has 0 radical (unpaired) electrons. The smallest absolute Gasteiger partial charge is 0.254 e. The Hall–Kier alpha value is -3.19. The Morgan fingerprint density at radius 3 is 2.70 bits per heavy atom. The van der Waals surface area contributed by atoms with Gasteiger partial charge < -0.3 is 9.64 Å². The van der Waals surface area contributed by atoms with Crippen LogP contribution in [0.2, 0.25) is 0 Å². The maximum Gasteiger partial charge on any atom is 0.254 e. The van der Waals surface area contributed by atoms with Gasteiger partial charge in [-0.15, -0.1) is 0 Å². The topological polar surface area (TPSA) is 74.3 Å². The van der Waals surface area contributed by atoms with E-state index in [9.17, 15) is 4.79 Å². The van der Waals surface area contributed by atoms with Crippen molar-refractivity contribution < 1.29 is 9.53 Å². The first kappa shape index (κ1) is 20.4. The van der Waals surface area contributed by atoms with Crippen molar-refractivity contribution >= 4 is 5.91 Å². The molecule has 3 aromatic rings. The summed E-state index contributed by atoms with van der Waals surface area (Å²) in [5.74, 6) is 3.50. The van der Waals surface area contributed by atoms with Crippen LogP contribution in [0.1, 0.15) is 52.2 Å². The zero-order chi connectivity index (χ0) is 22.4. The number of benzene rings is 2. The van der Waals surface area contributed by atoms with E-state index < -0.39 is 0 Å². The van der Waals surface area contributed by atoms with Crippen molar-refractivity contribution in [2.45, 2.75) is 31.2 Å². The maximum atomic E-state index is 13.2. The Kier molecular flexibility index (Phi) is 4.94. The summed E-state index contributed by atoms with van der Waals surface area (Å²) in [6.07, 6.45) is 2.38. The SMILES string of the molecule is COc1cccc(C(=O)N2CC3(CN(Cc4ccccc4)CC3c3nc(C4CC4)n[nH]3)C2)c1. The lowest BCUT2D eigenvalue weighted by Gasteiger charge is -2.50. The second-order valence-electron chi connectivity index (χ2n) is 9.82. The first-order valence-electron chi connectivity index (χ1n) is 11.8. The Balaban J connectivity index is 1.22. The molecule has 2 aromatic carbocycles. The van der Waals surface area contributed by atoms with Gasteiger partial charge in [0.2, 0.25) is 0 Å². The highest BCUT2D eigenvalue weighted by Crippen LogP contribution is 2.49. The van der Waals surface area contributed by atoms with Crippen LogP contribution in [0.4, 0.5) is 0 Å². The zero-order valence-electron chi connectivity index (χ0n) is 18.9. The minimum atomic E-state index is 0.00363. The Labute approximate surface area is 193 Å². The highest BCUT2D eigenvalue weighted by molar-refractivity contribution is 5.95. The lowest BCUT2D eigenvalue weighted by molar-refractivity contribution is 0.00178. The lowest BCUT2D eigenvalue weighted by atomic mass is 9.71. The van der Waals surface area contributed by atoms with Gasteiger partial charge in [-0.25, -0.2) is 4.98 Å². The summed E-state index contributed by atoms with van der Waals surface area (Å²) in [6.45, 7) is 4.26. The summed E-state index contributed by atoms with van der Waals surface area (Å²) in [5.41, 5.74) is 1.99. The van der Waals surface area contributed by atoms with E-state index in [2.05, 4.69) is 45.4 Å². The van der Waals surface area contributed by atoms with Crippen LogP contribution in [0.15, 0.2) is 54.6 Å². The number of aromatic nitrogens is 3. The summed E-state index contributed by atoms with van der Waals surface area (Å²) in [5, 5.41) is 7.79. The molecule has 2 aliphatic heterocycles. The number of amides is 1. The van der Waals surface area contributed by atoms with Crippen molar-refractivity contribution in [2.24, 2.45) is 5.41 Å². The van der Waals surface area contributed by atoms with Crippen molar-refractivity contribution in [3.8, 4) is 5.75 Å². The monoisotopic (exact) mass is 443 g/mol. The molecule has 6 rings (SSSR count). The van der Waals surface area contributed by atoms with E-state index in [1.54, 1.807) is 7.11 Å². The molecule has 7 nitrogen and oxygen atoms in total. The fourth-order valence-electron chi connectivity index (χ4n) is 5.49. The number of H-pyrrole nitrogens is 1. The number of methoxy groups -OCH3 is 1. The molecule has 1 saturated carbocycles. The van der Waals surface area contributed by atoms with E-state index in [0.29, 0.717) is 17.2 Å². The van der Waals surface area contributed by atoms with Crippen molar-refractivity contribution in [3.63, 3.8) is 0 Å². The van der Waals surface area contributed by atoms with Crippen LogP contribution in [0.25, 0.3) is 0 Å². The third-order valence-electron chi connectivity index (χ3n) is 7.38. The second kappa shape index (κ2) is 7.99.